The van der Waals surface area contributed by atoms with Crippen LogP contribution in [-0.4, -0.2) is 0 Å². The van der Waals surface area contributed by atoms with E-state index in [2.05, 4.69) is 183 Å². The highest BCUT2D eigenvalue weighted by atomic mass is 16.3. The van der Waals surface area contributed by atoms with Gasteiger partial charge in [0.05, 0.1) is 5.69 Å². The number of rotatable bonds is 5. The van der Waals surface area contributed by atoms with Crippen molar-refractivity contribution < 1.29 is 4.42 Å². The van der Waals surface area contributed by atoms with Crippen molar-refractivity contribution in [3.05, 3.63) is 187 Å². The minimum Gasteiger partial charge on any atom is -0.456 e. The van der Waals surface area contributed by atoms with E-state index in [9.17, 15) is 0 Å². The molecule has 2 nitrogen and oxygen atoms in total. The van der Waals surface area contributed by atoms with Crippen LogP contribution in [0.15, 0.2) is 180 Å². The third kappa shape index (κ3) is 4.71. The van der Waals surface area contributed by atoms with Gasteiger partial charge >= 0.3 is 0 Å². The Bertz CT molecular complexity index is 2750. The zero-order chi connectivity index (χ0) is 34.1. The van der Waals surface area contributed by atoms with E-state index in [4.69, 9.17) is 4.42 Å². The summed E-state index contributed by atoms with van der Waals surface area (Å²) in [5, 5.41) is 4.69. The van der Waals surface area contributed by atoms with E-state index in [1.807, 2.05) is 12.1 Å². The van der Waals surface area contributed by atoms with Crippen LogP contribution in [0, 0.1) is 0 Å². The van der Waals surface area contributed by atoms with Crippen LogP contribution < -0.4 is 4.90 Å². The quantitative estimate of drug-likeness (QED) is 0.184. The fourth-order valence-corrected chi connectivity index (χ4v) is 8.23. The predicted octanol–water partition coefficient (Wildman–Crippen LogP) is 13.8. The molecular formula is C49H35NO. The Labute approximate surface area is 297 Å². The first kappa shape index (κ1) is 29.5. The average molecular weight is 654 g/mol. The molecule has 0 spiro atoms. The SMILES string of the molecule is CC1(C)c2ccccc2-c2c(N(c3ccc(-c4ccccc4)cc3)c3ccc(-c4ccc5cc6c(cc5c4)oc4ccccc46)cc3)cccc21. The molecule has 0 bridgehead atoms. The van der Waals surface area contributed by atoms with E-state index < -0.39 is 0 Å². The second-order valence-corrected chi connectivity index (χ2v) is 14.2. The fraction of sp³-hybridized carbons (Fsp3) is 0.0612. The van der Waals surface area contributed by atoms with Crippen molar-refractivity contribution in [1.82, 2.24) is 0 Å². The molecule has 51 heavy (non-hydrogen) atoms. The largest absolute Gasteiger partial charge is 0.456 e. The van der Waals surface area contributed by atoms with Crippen molar-refractivity contribution in [3.63, 3.8) is 0 Å². The van der Waals surface area contributed by atoms with Crippen LogP contribution in [0.1, 0.15) is 25.0 Å². The van der Waals surface area contributed by atoms with Gasteiger partial charge in [-0.2, -0.15) is 0 Å². The fourth-order valence-electron chi connectivity index (χ4n) is 8.23. The van der Waals surface area contributed by atoms with Gasteiger partial charge in [0.1, 0.15) is 11.2 Å². The maximum Gasteiger partial charge on any atom is 0.136 e. The first-order valence-electron chi connectivity index (χ1n) is 17.7. The van der Waals surface area contributed by atoms with Crippen LogP contribution in [0.25, 0.3) is 66.1 Å². The molecule has 10 rings (SSSR count). The summed E-state index contributed by atoms with van der Waals surface area (Å²) in [5.41, 5.74) is 15.3. The monoisotopic (exact) mass is 653 g/mol. The minimum absolute atomic E-state index is 0.0847. The lowest BCUT2D eigenvalue weighted by Crippen LogP contribution is -2.16. The summed E-state index contributed by atoms with van der Waals surface area (Å²) in [6.45, 7) is 4.69. The Morgan fingerprint density at radius 3 is 1.84 bits per heavy atom. The molecule has 1 aromatic heterocycles. The number of para-hydroxylation sites is 1. The van der Waals surface area contributed by atoms with Crippen LogP contribution in [0.2, 0.25) is 0 Å². The first-order chi connectivity index (χ1) is 25.0. The van der Waals surface area contributed by atoms with Crippen molar-refractivity contribution in [1.29, 1.82) is 0 Å². The summed E-state index contributed by atoms with van der Waals surface area (Å²) in [6, 6.07) is 63.7. The Morgan fingerprint density at radius 1 is 0.431 bits per heavy atom. The Kier molecular flexibility index (Phi) is 6.56. The molecule has 9 aromatic rings. The number of anilines is 3. The Hall–Kier alpha value is -6.38. The molecule has 1 aliphatic carbocycles. The van der Waals surface area contributed by atoms with Crippen molar-refractivity contribution >= 4 is 49.8 Å². The van der Waals surface area contributed by atoms with Gasteiger partial charge in [-0.05, 0) is 104 Å². The summed E-state index contributed by atoms with van der Waals surface area (Å²) in [7, 11) is 0. The van der Waals surface area contributed by atoms with Crippen LogP contribution in [0.4, 0.5) is 17.1 Å². The molecule has 0 atom stereocenters. The van der Waals surface area contributed by atoms with Gasteiger partial charge in [-0.25, -0.2) is 0 Å². The molecule has 0 unspecified atom stereocenters. The third-order valence-electron chi connectivity index (χ3n) is 10.9. The molecule has 0 saturated heterocycles. The minimum atomic E-state index is -0.0847. The lowest BCUT2D eigenvalue weighted by Gasteiger charge is -2.29. The topological polar surface area (TPSA) is 16.4 Å². The van der Waals surface area contributed by atoms with Crippen molar-refractivity contribution in [2.45, 2.75) is 19.3 Å². The number of nitrogens with zero attached hydrogens (tertiary/aromatic N) is 1. The van der Waals surface area contributed by atoms with Crippen LogP contribution in [-0.2, 0) is 5.41 Å². The van der Waals surface area contributed by atoms with Gasteiger partial charge < -0.3 is 9.32 Å². The van der Waals surface area contributed by atoms with Crippen molar-refractivity contribution in [2.24, 2.45) is 0 Å². The van der Waals surface area contributed by atoms with E-state index >= 15 is 0 Å². The van der Waals surface area contributed by atoms with E-state index in [1.54, 1.807) is 0 Å². The zero-order valence-corrected chi connectivity index (χ0v) is 28.6. The van der Waals surface area contributed by atoms with Crippen LogP contribution >= 0.6 is 0 Å². The number of hydrogen-bond donors (Lipinski definition) is 0. The molecule has 2 heteroatoms. The molecule has 0 aliphatic heterocycles. The molecule has 242 valence electrons. The maximum atomic E-state index is 6.23. The highest BCUT2D eigenvalue weighted by Gasteiger charge is 2.37. The Balaban J connectivity index is 1.09. The third-order valence-corrected chi connectivity index (χ3v) is 10.9. The zero-order valence-electron chi connectivity index (χ0n) is 28.6. The average Bonchev–Trinajstić information content (AvgIpc) is 3.66. The molecule has 0 saturated carbocycles. The van der Waals surface area contributed by atoms with Crippen molar-refractivity contribution in [3.8, 4) is 33.4 Å². The molecule has 1 heterocycles. The van der Waals surface area contributed by atoms with Crippen LogP contribution in [0.3, 0.4) is 0 Å². The lowest BCUT2D eigenvalue weighted by molar-refractivity contribution is 0.660. The number of benzene rings is 8. The van der Waals surface area contributed by atoms with Gasteiger partial charge in [0.25, 0.3) is 0 Å². The summed E-state index contributed by atoms with van der Waals surface area (Å²) in [5.74, 6) is 0. The van der Waals surface area contributed by atoms with Gasteiger partial charge in [0, 0.05) is 33.1 Å². The predicted molar refractivity (Wildman–Crippen MR) is 214 cm³/mol. The number of hydrogen-bond acceptors (Lipinski definition) is 2. The molecular weight excluding hydrogens is 619 g/mol. The van der Waals surface area contributed by atoms with E-state index in [0.717, 1.165) is 33.3 Å². The van der Waals surface area contributed by atoms with Crippen molar-refractivity contribution in [2.75, 3.05) is 4.90 Å². The van der Waals surface area contributed by atoms with Gasteiger partial charge in [0.2, 0.25) is 0 Å². The lowest BCUT2D eigenvalue weighted by atomic mass is 9.82. The summed E-state index contributed by atoms with van der Waals surface area (Å²) in [6.07, 6.45) is 0. The normalized spacial score (nSPS) is 13.1. The van der Waals surface area contributed by atoms with Crippen LogP contribution in [0.5, 0.6) is 0 Å². The van der Waals surface area contributed by atoms with Gasteiger partial charge in [-0.1, -0.05) is 135 Å². The summed E-state index contributed by atoms with van der Waals surface area (Å²) < 4.78 is 6.23. The molecule has 0 N–H and O–H groups in total. The summed E-state index contributed by atoms with van der Waals surface area (Å²) in [4.78, 5) is 2.42. The molecule has 0 fully saturated rings. The Morgan fingerprint density at radius 2 is 1.06 bits per heavy atom. The highest BCUT2D eigenvalue weighted by molar-refractivity contribution is 6.10. The number of fused-ring (bicyclic) bond motifs is 7. The van der Waals surface area contributed by atoms with Gasteiger partial charge in [0.15, 0.2) is 0 Å². The van der Waals surface area contributed by atoms with E-state index in [0.29, 0.717) is 0 Å². The van der Waals surface area contributed by atoms with E-state index in [1.165, 1.54) is 61.0 Å². The molecule has 0 amide bonds. The molecule has 8 aromatic carbocycles. The summed E-state index contributed by atoms with van der Waals surface area (Å²) >= 11 is 0. The number of furan rings is 1. The molecule has 1 aliphatic rings. The smallest absolute Gasteiger partial charge is 0.136 e. The van der Waals surface area contributed by atoms with Gasteiger partial charge in [-0.3, -0.25) is 0 Å². The van der Waals surface area contributed by atoms with E-state index in [-0.39, 0.29) is 5.41 Å². The standard InChI is InChI=1S/C49H35NO/c1-49(2)43-15-8-6-14-41(43)48-44(49)16-10-17-45(48)50(38-25-21-33(22-26-38)32-11-4-3-5-12-32)39-27-23-34(24-28-39)35-19-20-36-30-42-40-13-7-9-18-46(40)51-47(42)31-37(36)29-35/h3-31H,1-2H3. The first-order valence-corrected chi connectivity index (χ1v) is 17.7. The second kappa shape index (κ2) is 11.3. The molecule has 0 radical (unpaired) electrons. The highest BCUT2D eigenvalue weighted by Crippen LogP contribution is 2.54. The second-order valence-electron chi connectivity index (χ2n) is 14.2. The van der Waals surface area contributed by atoms with Gasteiger partial charge in [-0.15, -0.1) is 0 Å². The maximum absolute atomic E-state index is 6.23.